The average Bonchev–Trinajstić information content (AvgIpc) is 2.57. The van der Waals surface area contributed by atoms with E-state index in [0.717, 1.165) is 51.4 Å². The predicted molar refractivity (Wildman–Crippen MR) is 94.5 cm³/mol. The van der Waals surface area contributed by atoms with Gasteiger partial charge in [-0.2, -0.15) is 0 Å². The highest BCUT2D eigenvalue weighted by Gasteiger charge is 2.26. The third-order valence-corrected chi connectivity index (χ3v) is 6.10. The first kappa shape index (κ1) is 17.1. The highest BCUT2D eigenvalue weighted by Crippen LogP contribution is 2.25. The lowest BCUT2D eigenvalue weighted by atomic mass is 9.88. The Morgan fingerprint density at radius 3 is 2.39 bits per heavy atom. The predicted octanol–water partition coefficient (Wildman–Crippen LogP) is 3.47. The maximum atomic E-state index is 12.4. The van der Waals surface area contributed by atoms with E-state index in [4.69, 9.17) is 0 Å². The molecule has 2 amide bonds. The molecule has 0 bridgehead atoms. The number of hydrogen-bond acceptors (Lipinski definition) is 2. The van der Waals surface area contributed by atoms with Crippen LogP contribution >= 0.6 is 0 Å². The number of rotatable bonds is 3. The van der Waals surface area contributed by atoms with Gasteiger partial charge in [0.2, 0.25) is 0 Å². The summed E-state index contributed by atoms with van der Waals surface area (Å²) in [6, 6.07) is 0.574. The molecule has 132 valence electrons. The molecule has 0 radical (unpaired) electrons. The fourth-order valence-corrected chi connectivity index (χ4v) is 4.63. The van der Waals surface area contributed by atoms with Crippen molar-refractivity contribution in [2.75, 3.05) is 32.7 Å². The Balaban J connectivity index is 1.36. The summed E-state index contributed by atoms with van der Waals surface area (Å²) in [5, 5.41) is 3.29. The summed E-state index contributed by atoms with van der Waals surface area (Å²) in [5.74, 6) is 1.59. The summed E-state index contributed by atoms with van der Waals surface area (Å²) in [6.45, 7) is 7.76. The smallest absolute Gasteiger partial charge is 0.317 e. The van der Waals surface area contributed by atoms with Gasteiger partial charge in [-0.25, -0.2) is 4.79 Å². The molecule has 0 aromatic rings. The van der Waals surface area contributed by atoms with Crippen molar-refractivity contribution in [1.82, 2.24) is 15.1 Å². The van der Waals surface area contributed by atoms with Gasteiger partial charge in [0.25, 0.3) is 0 Å². The zero-order valence-electron chi connectivity index (χ0n) is 14.9. The molecule has 2 heterocycles. The van der Waals surface area contributed by atoms with Crippen LogP contribution in [0.4, 0.5) is 4.79 Å². The van der Waals surface area contributed by atoms with Crippen LogP contribution in [0.5, 0.6) is 0 Å². The van der Waals surface area contributed by atoms with E-state index >= 15 is 0 Å². The fourth-order valence-electron chi connectivity index (χ4n) is 4.63. The van der Waals surface area contributed by atoms with Crippen LogP contribution in [0.3, 0.4) is 0 Å². The van der Waals surface area contributed by atoms with Gasteiger partial charge in [-0.1, -0.05) is 26.2 Å². The van der Waals surface area contributed by atoms with Crippen LogP contribution in [-0.4, -0.2) is 54.6 Å². The van der Waals surface area contributed by atoms with E-state index in [1.54, 1.807) is 0 Å². The van der Waals surface area contributed by atoms with Gasteiger partial charge in [-0.3, -0.25) is 0 Å². The number of nitrogens with zero attached hydrogens (tertiary/aromatic N) is 2. The standard InChI is InChI=1S/C19H35N3O/c1-16-6-5-11-22(14-16)19(23)20-18-9-12-21(13-10-18)15-17-7-3-2-4-8-17/h16-18H,2-15H2,1H3,(H,20,23). The molecule has 4 heteroatoms. The number of urea groups is 1. The van der Waals surface area contributed by atoms with Crippen molar-refractivity contribution < 1.29 is 4.79 Å². The van der Waals surface area contributed by atoms with Crippen molar-refractivity contribution in [2.45, 2.75) is 70.8 Å². The summed E-state index contributed by atoms with van der Waals surface area (Å²) < 4.78 is 0. The monoisotopic (exact) mass is 321 g/mol. The molecule has 2 aliphatic heterocycles. The number of carbonyl (C=O) groups excluding carboxylic acids is 1. The zero-order chi connectivity index (χ0) is 16.1. The minimum Gasteiger partial charge on any atom is -0.335 e. The molecular weight excluding hydrogens is 286 g/mol. The molecule has 3 rings (SSSR count). The summed E-state index contributed by atoms with van der Waals surface area (Å²) >= 11 is 0. The van der Waals surface area contributed by atoms with E-state index < -0.39 is 0 Å². The van der Waals surface area contributed by atoms with Gasteiger partial charge in [-0.05, 0) is 50.4 Å². The van der Waals surface area contributed by atoms with E-state index in [2.05, 4.69) is 17.1 Å². The minimum absolute atomic E-state index is 0.183. The highest BCUT2D eigenvalue weighted by molar-refractivity contribution is 5.74. The Kier molecular flexibility index (Phi) is 6.21. The van der Waals surface area contributed by atoms with Crippen LogP contribution in [0.25, 0.3) is 0 Å². The second kappa shape index (κ2) is 8.36. The Morgan fingerprint density at radius 2 is 1.70 bits per heavy atom. The summed E-state index contributed by atoms with van der Waals surface area (Å²) in [7, 11) is 0. The minimum atomic E-state index is 0.183. The lowest BCUT2D eigenvalue weighted by molar-refractivity contribution is 0.141. The van der Waals surface area contributed by atoms with Gasteiger partial charge < -0.3 is 15.1 Å². The van der Waals surface area contributed by atoms with Crippen LogP contribution in [0.1, 0.15) is 64.7 Å². The van der Waals surface area contributed by atoms with Gasteiger partial charge >= 0.3 is 6.03 Å². The van der Waals surface area contributed by atoms with E-state index in [9.17, 15) is 4.79 Å². The largest absolute Gasteiger partial charge is 0.335 e. The maximum Gasteiger partial charge on any atom is 0.317 e. The quantitative estimate of drug-likeness (QED) is 0.864. The summed E-state index contributed by atoms with van der Waals surface area (Å²) in [5.41, 5.74) is 0. The van der Waals surface area contributed by atoms with Crippen molar-refractivity contribution in [3.05, 3.63) is 0 Å². The van der Waals surface area contributed by atoms with Gasteiger partial charge in [0.15, 0.2) is 0 Å². The molecular formula is C19H35N3O. The van der Waals surface area contributed by atoms with Crippen molar-refractivity contribution in [1.29, 1.82) is 0 Å². The first-order valence-electron chi connectivity index (χ1n) is 9.98. The molecule has 2 saturated heterocycles. The second-order valence-electron chi connectivity index (χ2n) is 8.22. The molecule has 1 N–H and O–H groups in total. The van der Waals surface area contributed by atoms with E-state index in [1.807, 2.05) is 4.90 Å². The highest BCUT2D eigenvalue weighted by atomic mass is 16.2. The average molecular weight is 322 g/mol. The van der Waals surface area contributed by atoms with Gasteiger partial charge in [0.1, 0.15) is 0 Å². The SMILES string of the molecule is CC1CCCN(C(=O)NC2CCN(CC3CCCCC3)CC2)C1. The van der Waals surface area contributed by atoms with E-state index in [0.29, 0.717) is 12.0 Å². The zero-order valence-corrected chi connectivity index (χ0v) is 14.9. The van der Waals surface area contributed by atoms with Gasteiger partial charge in [0, 0.05) is 38.8 Å². The molecule has 0 aromatic heterocycles. The molecule has 1 atom stereocenters. The summed E-state index contributed by atoms with van der Waals surface area (Å²) in [6.07, 6.45) is 11.9. The molecule has 1 saturated carbocycles. The van der Waals surface area contributed by atoms with Crippen molar-refractivity contribution in [2.24, 2.45) is 11.8 Å². The number of likely N-dealkylation sites (tertiary alicyclic amines) is 2. The summed E-state index contributed by atoms with van der Waals surface area (Å²) in [4.78, 5) is 17.1. The van der Waals surface area contributed by atoms with Crippen LogP contribution in [-0.2, 0) is 0 Å². The van der Waals surface area contributed by atoms with Crippen LogP contribution < -0.4 is 5.32 Å². The van der Waals surface area contributed by atoms with Crippen molar-refractivity contribution in [3.8, 4) is 0 Å². The Morgan fingerprint density at radius 1 is 0.957 bits per heavy atom. The topological polar surface area (TPSA) is 35.6 Å². The molecule has 1 unspecified atom stereocenters. The molecule has 3 fully saturated rings. The Labute approximate surface area is 142 Å². The number of piperidine rings is 2. The molecule has 0 aromatic carbocycles. The molecule has 4 nitrogen and oxygen atoms in total. The molecule has 0 spiro atoms. The number of carbonyl (C=O) groups is 1. The fraction of sp³-hybridized carbons (Fsp3) is 0.947. The van der Waals surface area contributed by atoms with Crippen LogP contribution in [0.15, 0.2) is 0 Å². The lowest BCUT2D eigenvalue weighted by Crippen LogP contribution is -2.51. The molecule has 3 aliphatic rings. The first-order chi connectivity index (χ1) is 11.2. The Hall–Kier alpha value is -0.770. The van der Waals surface area contributed by atoms with Crippen LogP contribution in [0, 0.1) is 11.8 Å². The Bertz CT molecular complexity index is 373. The third kappa shape index (κ3) is 5.10. The lowest BCUT2D eigenvalue weighted by Gasteiger charge is -2.37. The van der Waals surface area contributed by atoms with Crippen molar-refractivity contribution >= 4 is 6.03 Å². The first-order valence-corrected chi connectivity index (χ1v) is 9.98. The van der Waals surface area contributed by atoms with Crippen LogP contribution in [0.2, 0.25) is 0 Å². The second-order valence-corrected chi connectivity index (χ2v) is 8.22. The third-order valence-electron chi connectivity index (χ3n) is 6.10. The molecule has 23 heavy (non-hydrogen) atoms. The van der Waals surface area contributed by atoms with Gasteiger partial charge in [-0.15, -0.1) is 0 Å². The van der Waals surface area contributed by atoms with Gasteiger partial charge in [0.05, 0.1) is 0 Å². The normalized spacial score (nSPS) is 28.7. The maximum absolute atomic E-state index is 12.4. The van der Waals surface area contributed by atoms with E-state index in [1.165, 1.54) is 45.1 Å². The van der Waals surface area contributed by atoms with Crippen molar-refractivity contribution in [3.63, 3.8) is 0 Å². The molecule has 1 aliphatic carbocycles. The number of hydrogen-bond donors (Lipinski definition) is 1. The van der Waals surface area contributed by atoms with E-state index in [-0.39, 0.29) is 6.03 Å². The number of amides is 2. The number of nitrogens with one attached hydrogen (secondary N) is 1.